The molecule has 0 radical (unpaired) electrons. The van der Waals surface area contributed by atoms with Gasteiger partial charge in [-0.25, -0.2) is 4.39 Å². The molecule has 0 aliphatic heterocycles. The molecule has 0 amide bonds. The fourth-order valence-corrected chi connectivity index (χ4v) is 1.92. The highest BCUT2D eigenvalue weighted by Crippen LogP contribution is 2.35. The van der Waals surface area contributed by atoms with Gasteiger partial charge >= 0.3 is 5.69 Å². The Hall–Kier alpha value is -2.96. The first kappa shape index (κ1) is 14.4. The van der Waals surface area contributed by atoms with Crippen LogP contribution in [0, 0.1) is 28.3 Å². The van der Waals surface area contributed by atoms with Crippen molar-refractivity contribution in [3.05, 3.63) is 63.5 Å². The molecule has 0 fully saturated rings. The van der Waals surface area contributed by atoms with E-state index >= 15 is 0 Å². The van der Waals surface area contributed by atoms with Gasteiger partial charge in [0.15, 0.2) is 0 Å². The summed E-state index contributed by atoms with van der Waals surface area (Å²) in [7, 11) is 0. The maximum absolute atomic E-state index is 13.7. The lowest BCUT2D eigenvalue weighted by atomic mass is 10.1. The van der Waals surface area contributed by atoms with Crippen LogP contribution in [-0.2, 0) is 0 Å². The second kappa shape index (κ2) is 5.58. The van der Waals surface area contributed by atoms with Crippen molar-refractivity contribution in [3.8, 4) is 11.5 Å². The standard InChI is InChI=1S/C14H12FN3O3/c1-8-4-2-7-11(13(8)18(19)20)21-10-6-3-5-9(15)12(10)14(16)17/h2-7H,1H3,(H3,16,17). The number of rotatable bonds is 4. The lowest BCUT2D eigenvalue weighted by Gasteiger charge is -2.11. The molecule has 0 aromatic heterocycles. The van der Waals surface area contributed by atoms with Crippen molar-refractivity contribution in [2.75, 3.05) is 0 Å². The molecule has 2 aromatic carbocycles. The normalized spacial score (nSPS) is 10.2. The second-order valence-corrected chi connectivity index (χ2v) is 4.31. The quantitative estimate of drug-likeness (QED) is 0.390. The maximum atomic E-state index is 13.7. The lowest BCUT2D eigenvalue weighted by Crippen LogP contribution is -2.14. The molecule has 6 nitrogen and oxygen atoms in total. The number of para-hydroxylation sites is 1. The number of nitrogen functional groups attached to an aromatic ring is 1. The molecule has 0 aliphatic carbocycles. The molecule has 2 rings (SSSR count). The number of benzene rings is 2. The summed E-state index contributed by atoms with van der Waals surface area (Å²) in [6.45, 7) is 1.57. The Bertz CT molecular complexity index is 670. The number of ether oxygens (including phenoxy) is 1. The summed E-state index contributed by atoms with van der Waals surface area (Å²) in [5.41, 5.74) is 5.30. The number of nitro groups is 1. The second-order valence-electron chi connectivity index (χ2n) is 4.31. The highest BCUT2D eigenvalue weighted by molar-refractivity contribution is 5.98. The largest absolute Gasteiger partial charge is 0.449 e. The van der Waals surface area contributed by atoms with Crippen LogP contribution in [0.1, 0.15) is 11.1 Å². The number of hydrogen-bond donors (Lipinski definition) is 2. The highest BCUT2D eigenvalue weighted by atomic mass is 19.1. The fraction of sp³-hybridized carbons (Fsp3) is 0.0714. The number of aryl methyl sites for hydroxylation is 1. The SMILES string of the molecule is Cc1cccc(Oc2cccc(F)c2C(=N)N)c1[N+](=O)[O-]. The summed E-state index contributed by atoms with van der Waals surface area (Å²) in [5.74, 6) is -1.32. The first-order chi connectivity index (χ1) is 9.91. The Morgan fingerprint density at radius 2 is 1.90 bits per heavy atom. The summed E-state index contributed by atoms with van der Waals surface area (Å²) in [4.78, 5) is 10.5. The van der Waals surface area contributed by atoms with E-state index in [0.29, 0.717) is 5.56 Å². The maximum Gasteiger partial charge on any atom is 0.314 e. The zero-order valence-corrected chi connectivity index (χ0v) is 11.1. The first-order valence-electron chi connectivity index (χ1n) is 5.96. The Morgan fingerprint density at radius 1 is 1.29 bits per heavy atom. The van der Waals surface area contributed by atoms with E-state index in [1.807, 2.05) is 0 Å². The third-order valence-electron chi connectivity index (χ3n) is 2.85. The Balaban J connectivity index is 2.54. The Morgan fingerprint density at radius 3 is 2.52 bits per heavy atom. The monoisotopic (exact) mass is 289 g/mol. The molecule has 7 heteroatoms. The number of halogens is 1. The van der Waals surface area contributed by atoms with E-state index in [4.69, 9.17) is 15.9 Å². The van der Waals surface area contributed by atoms with Crippen molar-refractivity contribution >= 4 is 11.5 Å². The molecule has 0 unspecified atom stereocenters. The van der Waals surface area contributed by atoms with Gasteiger partial charge < -0.3 is 10.5 Å². The van der Waals surface area contributed by atoms with Crippen LogP contribution in [-0.4, -0.2) is 10.8 Å². The smallest absolute Gasteiger partial charge is 0.314 e. The lowest BCUT2D eigenvalue weighted by molar-refractivity contribution is -0.386. The summed E-state index contributed by atoms with van der Waals surface area (Å²) < 4.78 is 19.1. The predicted molar refractivity (Wildman–Crippen MR) is 75.3 cm³/mol. The van der Waals surface area contributed by atoms with Crippen molar-refractivity contribution in [2.24, 2.45) is 5.73 Å². The molecule has 0 heterocycles. The predicted octanol–water partition coefficient (Wildman–Crippen LogP) is 3.12. The third kappa shape index (κ3) is 2.81. The van der Waals surface area contributed by atoms with E-state index in [2.05, 4.69) is 0 Å². The van der Waals surface area contributed by atoms with Gasteiger partial charge in [-0.3, -0.25) is 15.5 Å². The van der Waals surface area contributed by atoms with Gasteiger partial charge in [0.2, 0.25) is 5.75 Å². The average molecular weight is 289 g/mol. The van der Waals surface area contributed by atoms with Crippen molar-refractivity contribution in [1.29, 1.82) is 5.41 Å². The number of nitrogens with zero attached hydrogens (tertiary/aromatic N) is 1. The molecule has 0 atom stereocenters. The molecule has 0 saturated carbocycles. The molecule has 0 aliphatic rings. The van der Waals surface area contributed by atoms with Gasteiger partial charge in [0.05, 0.1) is 10.5 Å². The van der Waals surface area contributed by atoms with Gasteiger partial charge in [0, 0.05) is 5.56 Å². The van der Waals surface area contributed by atoms with Crippen LogP contribution in [0.4, 0.5) is 10.1 Å². The minimum Gasteiger partial charge on any atom is -0.449 e. The van der Waals surface area contributed by atoms with Crippen molar-refractivity contribution in [1.82, 2.24) is 0 Å². The van der Waals surface area contributed by atoms with E-state index in [1.54, 1.807) is 19.1 Å². The molecule has 2 aromatic rings. The van der Waals surface area contributed by atoms with Crippen LogP contribution in [0.2, 0.25) is 0 Å². The Kier molecular flexibility index (Phi) is 3.84. The number of hydrogen-bond acceptors (Lipinski definition) is 4. The van der Waals surface area contributed by atoms with Crippen LogP contribution in [0.5, 0.6) is 11.5 Å². The minimum atomic E-state index is -0.727. The fourth-order valence-electron chi connectivity index (χ4n) is 1.92. The van der Waals surface area contributed by atoms with Crippen LogP contribution in [0.3, 0.4) is 0 Å². The molecule has 0 spiro atoms. The van der Waals surface area contributed by atoms with E-state index in [9.17, 15) is 14.5 Å². The summed E-state index contributed by atoms with van der Waals surface area (Å²) in [6.07, 6.45) is 0. The summed E-state index contributed by atoms with van der Waals surface area (Å²) >= 11 is 0. The van der Waals surface area contributed by atoms with E-state index in [0.717, 1.165) is 6.07 Å². The van der Waals surface area contributed by atoms with Gasteiger partial charge in [-0.05, 0) is 25.1 Å². The number of nitrogens with one attached hydrogen (secondary N) is 1. The Labute approximate surface area is 119 Å². The molecular formula is C14H12FN3O3. The molecular weight excluding hydrogens is 277 g/mol. The van der Waals surface area contributed by atoms with Crippen molar-refractivity contribution < 1.29 is 14.1 Å². The van der Waals surface area contributed by atoms with Gasteiger partial charge in [0.25, 0.3) is 0 Å². The molecule has 108 valence electrons. The van der Waals surface area contributed by atoms with Crippen LogP contribution in [0.25, 0.3) is 0 Å². The van der Waals surface area contributed by atoms with Crippen molar-refractivity contribution in [3.63, 3.8) is 0 Å². The third-order valence-corrected chi connectivity index (χ3v) is 2.85. The van der Waals surface area contributed by atoms with Gasteiger partial charge in [0.1, 0.15) is 17.4 Å². The molecule has 21 heavy (non-hydrogen) atoms. The van der Waals surface area contributed by atoms with E-state index in [-0.39, 0.29) is 22.7 Å². The van der Waals surface area contributed by atoms with E-state index in [1.165, 1.54) is 18.2 Å². The number of nitrogens with two attached hydrogens (primary N) is 1. The van der Waals surface area contributed by atoms with Gasteiger partial charge in [-0.15, -0.1) is 0 Å². The van der Waals surface area contributed by atoms with E-state index < -0.39 is 16.6 Å². The number of nitro benzene ring substituents is 1. The number of amidine groups is 1. The van der Waals surface area contributed by atoms with Crippen LogP contribution < -0.4 is 10.5 Å². The summed E-state index contributed by atoms with van der Waals surface area (Å²) in [6, 6.07) is 8.46. The van der Waals surface area contributed by atoms with Crippen molar-refractivity contribution in [2.45, 2.75) is 6.92 Å². The topological polar surface area (TPSA) is 102 Å². The molecule has 0 saturated heterocycles. The van der Waals surface area contributed by atoms with Crippen LogP contribution in [0.15, 0.2) is 36.4 Å². The summed E-state index contributed by atoms with van der Waals surface area (Å²) in [5, 5.41) is 18.5. The zero-order valence-electron chi connectivity index (χ0n) is 11.1. The zero-order chi connectivity index (χ0) is 15.6. The minimum absolute atomic E-state index is 0.0342. The highest BCUT2D eigenvalue weighted by Gasteiger charge is 2.21. The van der Waals surface area contributed by atoms with Gasteiger partial charge in [-0.2, -0.15) is 0 Å². The first-order valence-corrected chi connectivity index (χ1v) is 5.96. The molecule has 3 N–H and O–H groups in total. The average Bonchev–Trinajstić information content (AvgIpc) is 2.37. The van der Waals surface area contributed by atoms with Crippen LogP contribution >= 0.6 is 0 Å². The van der Waals surface area contributed by atoms with Gasteiger partial charge in [-0.1, -0.05) is 18.2 Å². The molecule has 0 bridgehead atoms.